The topological polar surface area (TPSA) is 66.5 Å². The average molecular weight is 398 g/mol. The molecule has 1 aromatic rings. The van der Waals surface area contributed by atoms with Crippen molar-refractivity contribution in [1.29, 1.82) is 0 Å². The number of amides is 3. The lowest BCUT2D eigenvalue weighted by Crippen LogP contribution is -2.32. The molecular formula is C25H22N2O3. The molecule has 0 bridgehead atoms. The van der Waals surface area contributed by atoms with Crippen molar-refractivity contribution in [3.8, 4) is 0 Å². The highest BCUT2D eigenvalue weighted by Crippen LogP contribution is 2.48. The number of rotatable bonds is 6. The second-order valence-corrected chi connectivity index (χ2v) is 7.98. The number of nitrogens with zero attached hydrogens (tertiary/aromatic N) is 1. The molecule has 1 aromatic carbocycles. The molecule has 1 N–H and O–H groups in total. The third-order valence-corrected chi connectivity index (χ3v) is 6.20. The van der Waals surface area contributed by atoms with Gasteiger partial charge in [-0.15, -0.1) is 0 Å². The minimum atomic E-state index is -0.306. The van der Waals surface area contributed by atoms with E-state index in [-0.39, 0.29) is 30.7 Å². The van der Waals surface area contributed by atoms with Crippen molar-refractivity contribution in [3.05, 3.63) is 82.5 Å². The summed E-state index contributed by atoms with van der Waals surface area (Å²) < 4.78 is 0. The van der Waals surface area contributed by atoms with Gasteiger partial charge in [0.25, 0.3) is 11.8 Å². The van der Waals surface area contributed by atoms with Crippen molar-refractivity contribution in [1.82, 2.24) is 10.2 Å². The number of hydrogen-bond donors (Lipinski definition) is 1. The zero-order valence-electron chi connectivity index (χ0n) is 16.5. The van der Waals surface area contributed by atoms with Crippen molar-refractivity contribution in [3.63, 3.8) is 0 Å². The molecule has 0 saturated heterocycles. The van der Waals surface area contributed by atoms with E-state index in [1.807, 2.05) is 0 Å². The van der Waals surface area contributed by atoms with E-state index < -0.39 is 0 Å². The number of carbonyl (C=O) groups excluding carboxylic acids is 3. The van der Waals surface area contributed by atoms with Crippen LogP contribution < -0.4 is 5.32 Å². The fourth-order valence-corrected chi connectivity index (χ4v) is 4.71. The Balaban J connectivity index is 1.23. The molecule has 0 radical (unpaired) electrons. The van der Waals surface area contributed by atoms with Gasteiger partial charge < -0.3 is 5.32 Å². The Morgan fingerprint density at radius 3 is 2.47 bits per heavy atom. The first kappa shape index (κ1) is 18.6. The first-order valence-electron chi connectivity index (χ1n) is 10.3. The fraction of sp³-hybridized carbons (Fsp3) is 0.240. The fourth-order valence-electron chi connectivity index (χ4n) is 4.71. The molecule has 0 spiro atoms. The van der Waals surface area contributed by atoms with E-state index in [1.54, 1.807) is 0 Å². The molecule has 3 aliphatic carbocycles. The zero-order valence-corrected chi connectivity index (χ0v) is 16.5. The van der Waals surface area contributed by atoms with Gasteiger partial charge >= 0.3 is 0 Å². The van der Waals surface area contributed by atoms with E-state index in [0.717, 1.165) is 5.57 Å². The van der Waals surface area contributed by atoms with Gasteiger partial charge in [0.05, 0.1) is 0 Å². The minimum absolute atomic E-state index is 0.0740. The van der Waals surface area contributed by atoms with E-state index in [4.69, 9.17) is 0 Å². The van der Waals surface area contributed by atoms with Gasteiger partial charge in [-0.3, -0.25) is 19.3 Å². The number of nitrogens with one attached hydrogen (secondary N) is 1. The van der Waals surface area contributed by atoms with Crippen LogP contribution in [0.3, 0.4) is 0 Å². The van der Waals surface area contributed by atoms with Gasteiger partial charge in [-0.2, -0.15) is 0 Å². The van der Waals surface area contributed by atoms with Crippen LogP contribution in [0, 0.1) is 5.92 Å². The highest BCUT2D eigenvalue weighted by molar-refractivity contribution is 6.12. The van der Waals surface area contributed by atoms with Crippen molar-refractivity contribution < 1.29 is 14.4 Å². The molecule has 2 atom stereocenters. The Labute approximate surface area is 175 Å². The Kier molecular flexibility index (Phi) is 4.58. The molecule has 5 heteroatoms. The highest BCUT2D eigenvalue weighted by Gasteiger charge is 2.34. The molecular weight excluding hydrogens is 376 g/mol. The number of allylic oxidation sites excluding steroid dienone is 4. The standard InChI is InChI=1S/C25H22N2O3/c28-21(5-2-14-27-22(29)12-13-23(27)30)26-15-19-9-8-18-7-6-16-3-1-4-17-10-11-20(19)25(18)24(16)17/h1,3-4,6-13,18,25H,2,5,14-15H2,(H,26,28). The maximum Gasteiger partial charge on any atom is 0.253 e. The third-order valence-electron chi connectivity index (χ3n) is 6.20. The first-order chi connectivity index (χ1) is 14.6. The zero-order chi connectivity index (χ0) is 20.7. The summed E-state index contributed by atoms with van der Waals surface area (Å²) >= 11 is 0. The lowest BCUT2D eigenvalue weighted by molar-refractivity contribution is -0.137. The lowest BCUT2D eigenvalue weighted by Gasteiger charge is -2.36. The van der Waals surface area contributed by atoms with Crippen LogP contribution in [0.2, 0.25) is 0 Å². The van der Waals surface area contributed by atoms with Gasteiger partial charge in [-0.05, 0) is 34.3 Å². The van der Waals surface area contributed by atoms with E-state index in [0.29, 0.717) is 24.8 Å². The van der Waals surface area contributed by atoms with Crippen LogP contribution in [-0.2, 0) is 14.4 Å². The Hall–Kier alpha value is -3.47. The largest absolute Gasteiger partial charge is 0.352 e. The molecule has 1 heterocycles. The molecule has 1 aliphatic heterocycles. The summed E-state index contributed by atoms with van der Waals surface area (Å²) in [5.74, 6) is -0.0286. The smallest absolute Gasteiger partial charge is 0.253 e. The summed E-state index contributed by atoms with van der Waals surface area (Å²) in [7, 11) is 0. The maximum absolute atomic E-state index is 12.3. The third kappa shape index (κ3) is 3.16. The van der Waals surface area contributed by atoms with Crippen LogP contribution in [0.15, 0.2) is 65.8 Å². The molecule has 4 aliphatic rings. The highest BCUT2D eigenvalue weighted by atomic mass is 16.2. The number of imide groups is 1. The minimum Gasteiger partial charge on any atom is -0.352 e. The van der Waals surface area contributed by atoms with Gasteiger partial charge in [-0.1, -0.05) is 54.7 Å². The van der Waals surface area contributed by atoms with E-state index >= 15 is 0 Å². The summed E-state index contributed by atoms with van der Waals surface area (Å²) in [5, 5.41) is 3.00. The van der Waals surface area contributed by atoms with Crippen molar-refractivity contribution >= 4 is 29.9 Å². The molecule has 5 rings (SSSR count). The molecule has 30 heavy (non-hydrogen) atoms. The maximum atomic E-state index is 12.3. The quantitative estimate of drug-likeness (QED) is 0.749. The normalized spacial score (nSPS) is 22.7. The monoisotopic (exact) mass is 398 g/mol. The summed E-state index contributed by atoms with van der Waals surface area (Å²) in [6, 6.07) is 6.41. The molecule has 0 fully saturated rings. The number of carbonyl (C=O) groups is 3. The van der Waals surface area contributed by atoms with E-state index in [1.165, 1.54) is 39.3 Å². The lowest BCUT2D eigenvalue weighted by atomic mass is 9.67. The van der Waals surface area contributed by atoms with Crippen LogP contribution in [0.5, 0.6) is 0 Å². The van der Waals surface area contributed by atoms with Crippen LogP contribution in [0.25, 0.3) is 12.2 Å². The molecule has 5 nitrogen and oxygen atoms in total. The van der Waals surface area contributed by atoms with Crippen LogP contribution >= 0.6 is 0 Å². The van der Waals surface area contributed by atoms with Gasteiger partial charge in [0.1, 0.15) is 0 Å². The first-order valence-corrected chi connectivity index (χ1v) is 10.3. The summed E-state index contributed by atoms with van der Waals surface area (Å²) in [6.45, 7) is 0.743. The van der Waals surface area contributed by atoms with Crippen LogP contribution in [-0.4, -0.2) is 35.7 Å². The summed E-state index contributed by atoms with van der Waals surface area (Å²) in [4.78, 5) is 36.6. The predicted molar refractivity (Wildman–Crippen MR) is 115 cm³/mol. The number of hydrogen-bond acceptors (Lipinski definition) is 3. The number of benzene rings is 1. The van der Waals surface area contributed by atoms with Gasteiger partial charge in [0.2, 0.25) is 5.91 Å². The second-order valence-electron chi connectivity index (χ2n) is 7.98. The van der Waals surface area contributed by atoms with Crippen molar-refractivity contribution in [2.24, 2.45) is 5.92 Å². The van der Waals surface area contributed by atoms with Gasteiger partial charge in [-0.25, -0.2) is 0 Å². The molecule has 0 aromatic heterocycles. The van der Waals surface area contributed by atoms with E-state index in [9.17, 15) is 14.4 Å². The van der Waals surface area contributed by atoms with E-state index in [2.05, 4.69) is 60.0 Å². The van der Waals surface area contributed by atoms with Crippen LogP contribution in [0.4, 0.5) is 0 Å². The van der Waals surface area contributed by atoms with Gasteiger partial charge in [0.15, 0.2) is 0 Å². The van der Waals surface area contributed by atoms with Crippen molar-refractivity contribution in [2.75, 3.05) is 13.1 Å². The summed E-state index contributed by atoms with van der Waals surface area (Å²) in [6.07, 6.45) is 16.4. The Morgan fingerprint density at radius 1 is 0.933 bits per heavy atom. The van der Waals surface area contributed by atoms with Gasteiger partial charge in [0, 0.05) is 43.5 Å². The van der Waals surface area contributed by atoms with Crippen LogP contribution in [0.1, 0.15) is 35.4 Å². The summed E-state index contributed by atoms with van der Waals surface area (Å²) in [5.41, 5.74) is 6.32. The SMILES string of the molecule is O=C(CCCN1C(=O)C=CC1=O)NCC1=C2C=Cc3cccc4c3C2C(C=C1)C=C4. The molecule has 0 saturated carbocycles. The Bertz CT molecular complexity index is 1090. The van der Waals surface area contributed by atoms with Crippen molar-refractivity contribution in [2.45, 2.75) is 18.8 Å². The average Bonchev–Trinajstić information content (AvgIpc) is 3.08. The Morgan fingerprint density at radius 2 is 1.67 bits per heavy atom. The molecule has 2 unspecified atom stereocenters. The molecule has 3 amide bonds. The predicted octanol–water partition coefficient (Wildman–Crippen LogP) is 3.13. The molecule has 150 valence electrons. The second kappa shape index (κ2) is 7.41.